The van der Waals surface area contributed by atoms with Gasteiger partial charge in [-0.2, -0.15) is 0 Å². The fraction of sp³-hybridized carbons (Fsp3) is 0.455. The highest BCUT2D eigenvalue weighted by atomic mass is 35.5. The molecule has 0 aliphatic carbocycles. The Hall–Kier alpha value is -0.740. The van der Waals surface area contributed by atoms with Crippen LogP contribution in [0, 0.1) is 10.1 Å². The molecular formula is C11H14ClNO2S. The summed E-state index contributed by atoms with van der Waals surface area (Å²) >= 11 is 7.42. The maximum atomic E-state index is 10.8. The van der Waals surface area contributed by atoms with Crippen molar-refractivity contribution in [2.75, 3.05) is 5.75 Å². The molecule has 0 fully saturated rings. The van der Waals surface area contributed by atoms with Crippen LogP contribution in [0.5, 0.6) is 0 Å². The number of thioether (sulfide) groups is 1. The first-order valence-electron chi connectivity index (χ1n) is 5.16. The number of nitrogens with zero attached hydrogens (tertiary/aromatic N) is 1. The van der Waals surface area contributed by atoms with Crippen LogP contribution in [0.25, 0.3) is 0 Å². The highest BCUT2D eigenvalue weighted by molar-refractivity contribution is 7.99. The average molecular weight is 260 g/mol. The minimum atomic E-state index is -0.480. The molecule has 5 heteroatoms. The lowest BCUT2D eigenvalue weighted by Crippen LogP contribution is -2.21. The molecular weight excluding hydrogens is 246 g/mol. The van der Waals surface area contributed by atoms with Gasteiger partial charge < -0.3 is 0 Å². The zero-order valence-corrected chi connectivity index (χ0v) is 10.6. The van der Waals surface area contributed by atoms with E-state index in [-0.39, 0.29) is 4.92 Å². The zero-order chi connectivity index (χ0) is 12.0. The third-order valence-electron chi connectivity index (χ3n) is 2.19. The Balaban J connectivity index is 2.55. The van der Waals surface area contributed by atoms with Gasteiger partial charge >= 0.3 is 0 Å². The summed E-state index contributed by atoms with van der Waals surface area (Å²) in [4.78, 5) is 11.5. The Morgan fingerprint density at radius 3 is 2.75 bits per heavy atom. The van der Waals surface area contributed by atoms with E-state index in [0.29, 0.717) is 17.2 Å². The van der Waals surface area contributed by atoms with Gasteiger partial charge in [-0.3, -0.25) is 10.1 Å². The van der Waals surface area contributed by atoms with Crippen molar-refractivity contribution in [3.8, 4) is 0 Å². The Morgan fingerprint density at radius 1 is 1.50 bits per heavy atom. The molecule has 1 rings (SSSR count). The van der Waals surface area contributed by atoms with Crippen molar-refractivity contribution in [1.82, 2.24) is 0 Å². The number of benzene rings is 1. The highest BCUT2D eigenvalue weighted by Crippen LogP contribution is 2.27. The Labute approximate surface area is 104 Å². The fourth-order valence-corrected chi connectivity index (χ4v) is 2.67. The number of hydrogen-bond acceptors (Lipinski definition) is 3. The molecule has 1 atom stereocenters. The topological polar surface area (TPSA) is 43.1 Å². The molecule has 0 bridgehead atoms. The molecule has 1 unspecified atom stereocenters. The van der Waals surface area contributed by atoms with E-state index in [1.54, 1.807) is 6.07 Å². The SMILES string of the molecule is CCCC(CSc1ccccc1Cl)[N+](=O)[O-]. The summed E-state index contributed by atoms with van der Waals surface area (Å²) in [7, 11) is 0. The van der Waals surface area contributed by atoms with Crippen molar-refractivity contribution in [1.29, 1.82) is 0 Å². The van der Waals surface area contributed by atoms with E-state index in [9.17, 15) is 10.1 Å². The van der Waals surface area contributed by atoms with Crippen LogP contribution in [0.2, 0.25) is 5.02 Å². The first-order chi connectivity index (χ1) is 7.65. The van der Waals surface area contributed by atoms with Crippen LogP contribution in [0.1, 0.15) is 19.8 Å². The molecule has 0 saturated heterocycles. The molecule has 3 nitrogen and oxygen atoms in total. The monoisotopic (exact) mass is 259 g/mol. The Bertz CT molecular complexity index is 360. The molecule has 0 N–H and O–H groups in total. The Kier molecular flexibility index (Phi) is 5.63. The third kappa shape index (κ3) is 4.02. The molecule has 0 saturated carbocycles. The predicted molar refractivity (Wildman–Crippen MR) is 67.9 cm³/mol. The third-order valence-corrected chi connectivity index (χ3v) is 3.85. The summed E-state index contributed by atoms with van der Waals surface area (Å²) < 4.78 is 0. The largest absolute Gasteiger partial charge is 0.264 e. The zero-order valence-electron chi connectivity index (χ0n) is 9.06. The molecule has 0 aromatic heterocycles. The van der Waals surface area contributed by atoms with E-state index in [2.05, 4.69) is 0 Å². The highest BCUT2D eigenvalue weighted by Gasteiger charge is 2.19. The van der Waals surface area contributed by atoms with Crippen molar-refractivity contribution < 1.29 is 4.92 Å². The summed E-state index contributed by atoms with van der Waals surface area (Å²) in [6.07, 6.45) is 1.44. The minimum absolute atomic E-state index is 0.201. The van der Waals surface area contributed by atoms with Crippen LogP contribution in [-0.2, 0) is 0 Å². The molecule has 1 aromatic rings. The van der Waals surface area contributed by atoms with Crippen LogP contribution >= 0.6 is 23.4 Å². The summed E-state index contributed by atoms with van der Waals surface area (Å²) in [5.41, 5.74) is 0. The lowest BCUT2D eigenvalue weighted by atomic mass is 10.2. The van der Waals surface area contributed by atoms with Gasteiger partial charge in [0, 0.05) is 16.2 Å². The van der Waals surface area contributed by atoms with Crippen molar-refractivity contribution in [3.63, 3.8) is 0 Å². The molecule has 0 spiro atoms. The summed E-state index contributed by atoms with van der Waals surface area (Å²) in [5.74, 6) is 0.477. The molecule has 0 heterocycles. The van der Waals surface area contributed by atoms with Gasteiger partial charge in [-0.15, -0.1) is 11.8 Å². The summed E-state index contributed by atoms with van der Waals surface area (Å²) in [5, 5.41) is 11.4. The molecule has 0 aliphatic heterocycles. The number of hydrogen-bond donors (Lipinski definition) is 0. The molecule has 1 aromatic carbocycles. The maximum absolute atomic E-state index is 10.8. The van der Waals surface area contributed by atoms with E-state index in [1.165, 1.54) is 11.8 Å². The summed E-state index contributed by atoms with van der Waals surface area (Å²) in [6, 6.07) is 6.94. The normalized spacial score (nSPS) is 12.4. The summed E-state index contributed by atoms with van der Waals surface area (Å²) in [6.45, 7) is 1.96. The number of nitro groups is 1. The smallest absolute Gasteiger partial charge is 0.222 e. The van der Waals surface area contributed by atoms with Crippen LogP contribution in [0.4, 0.5) is 0 Å². The molecule has 16 heavy (non-hydrogen) atoms. The first-order valence-corrected chi connectivity index (χ1v) is 6.52. The quantitative estimate of drug-likeness (QED) is 0.442. The van der Waals surface area contributed by atoms with E-state index in [0.717, 1.165) is 11.3 Å². The first kappa shape index (κ1) is 13.3. The van der Waals surface area contributed by atoms with Gasteiger partial charge in [0.2, 0.25) is 6.04 Å². The number of rotatable bonds is 6. The average Bonchev–Trinajstić information content (AvgIpc) is 2.26. The molecule has 0 amide bonds. The van der Waals surface area contributed by atoms with Gasteiger partial charge in [0.25, 0.3) is 0 Å². The van der Waals surface area contributed by atoms with Crippen molar-refractivity contribution in [2.45, 2.75) is 30.7 Å². The molecule has 88 valence electrons. The van der Waals surface area contributed by atoms with Gasteiger partial charge in [0.15, 0.2) is 0 Å². The van der Waals surface area contributed by atoms with Gasteiger partial charge in [-0.05, 0) is 18.6 Å². The van der Waals surface area contributed by atoms with E-state index < -0.39 is 6.04 Å². The van der Waals surface area contributed by atoms with Gasteiger partial charge in [-0.1, -0.05) is 30.7 Å². The van der Waals surface area contributed by atoms with E-state index in [1.807, 2.05) is 25.1 Å². The van der Waals surface area contributed by atoms with Crippen molar-refractivity contribution in [3.05, 3.63) is 39.4 Å². The Morgan fingerprint density at radius 2 is 2.19 bits per heavy atom. The minimum Gasteiger partial charge on any atom is -0.264 e. The van der Waals surface area contributed by atoms with Crippen molar-refractivity contribution >= 4 is 23.4 Å². The van der Waals surface area contributed by atoms with Gasteiger partial charge in [-0.25, -0.2) is 0 Å². The lowest BCUT2D eigenvalue weighted by molar-refractivity contribution is -0.517. The van der Waals surface area contributed by atoms with Gasteiger partial charge in [0.05, 0.1) is 10.8 Å². The second-order valence-electron chi connectivity index (χ2n) is 3.47. The van der Waals surface area contributed by atoms with Crippen LogP contribution in [-0.4, -0.2) is 16.7 Å². The van der Waals surface area contributed by atoms with Crippen LogP contribution in [0.15, 0.2) is 29.2 Å². The fourth-order valence-electron chi connectivity index (χ4n) is 1.33. The van der Waals surface area contributed by atoms with Crippen LogP contribution in [0.3, 0.4) is 0 Å². The van der Waals surface area contributed by atoms with E-state index >= 15 is 0 Å². The van der Waals surface area contributed by atoms with Gasteiger partial charge in [0.1, 0.15) is 0 Å². The number of halogens is 1. The predicted octanol–water partition coefficient (Wildman–Crippen LogP) is 3.88. The second kappa shape index (κ2) is 6.76. The van der Waals surface area contributed by atoms with Crippen LogP contribution < -0.4 is 0 Å². The second-order valence-corrected chi connectivity index (χ2v) is 4.94. The lowest BCUT2D eigenvalue weighted by Gasteiger charge is -2.08. The maximum Gasteiger partial charge on any atom is 0.222 e. The molecule has 0 aliphatic rings. The van der Waals surface area contributed by atoms with Crippen molar-refractivity contribution in [2.24, 2.45) is 0 Å². The molecule has 0 radical (unpaired) electrons. The standard InChI is InChI=1S/C11H14ClNO2S/c1-2-5-9(13(14)15)8-16-11-7-4-3-6-10(11)12/h3-4,6-7,9H,2,5,8H2,1H3. The van der Waals surface area contributed by atoms with E-state index in [4.69, 9.17) is 11.6 Å².